The zero-order chi connectivity index (χ0) is 31.2. The van der Waals surface area contributed by atoms with Crippen LogP contribution in [0.5, 0.6) is 0 Å². The molecule has 1 aliphatic carbocycles. The summed E-state index contributed by atoms with van der Waals surface area (Å²) in [6.07, 6.45) is 2.67. The van der Waals surface area contributed by atoms with Gasteiger partial charge in [-0.2, -0.15) is 4.52 Å². The number of rotatable bonds is 8. The average Bonchev–Trinajstić information content (AvgIpc) is 3.81. The molecule has 3 heterocycles. The van der Waals surface area contributed by atoms with Crippen molar-refractivity contribution in [1.82, 2.24) is 40.6 Å². The number of aryl methyl sites for hydroxylation is 1. The first kappa shape index (κ1) is 27.4. The zero-order valence-electron chi connectivity index (χ0n) is 23.2. The Kier molecular flexibility index (Phi) is 6.50. The number of aromatic amines is 1. The molecule has 2 amide bonds. The van der Waals surface area contributed by atoms with Gasteiger partial charge in [0.05, 0.1) is 12.2 Å². The smallest absolute Gasteiger partial charge is 0.394 e. The highest BCUT2D eigenvalue weighted by Gasteiger charge is 2.27. The second-order valence-electron chi connectivity index (χ2n) is 10.4. The second-order valence-corrected chi connectivity index (χ2v) is 10.4. The van der Waals surface area contributed by atoms with E-state index in [1.807, 2.05) is 12.1 Å². The third-order valence-corrected chi connectivity index (χ3v) is 7.57. The Morgan fingerprint density at radius 1 is 1.07 bits per heavy atom. The SMILES string of the molecule is Nc1c(Nc2cccc(CNC(=O)c3cc(C(=O)N[C@H]4CCc5cc(-c6noc(=O)[nH]6)ccc54)n4nncc4n3)c2)c(=O)c1=O. The first-order valence-electron chi connectivity index (χ1n) is 13.7. The van der Waals surface area contributed by atoms with Gasteiger partial charge in [-0.05, 0) is 47.7 Å². The summed E-state index contributed by atoms with van der Waals surface area (Å²) < 4.78 is 5.85. The molecule has 0 saturated carbocycles. The lowest BCUT2D eigenvalue weighted by atomic mass is 10.0. The fraction of sp³-hybridized carbons (Fsp3) is 0.138. The van der Waals surface area contributed by atoms with Gasteiger partial charge in [-0.1, -0.05) is 34.6 Å². The summed E-state index contributed by atoms with van der Waals surface area (Å²) in [6.45, 7) is 0.102. The highest BCUT2D eigenvalue weighted by molar-refractivity contribution is 5.98. The van der Waals surface area contributed by atoms with Gasteiger partial charge in [0.2, 0.25) is 0 Å². The van der Waals surface area contributed by atoms with Gasteiger partial charge in [0.1, 0.15) is 22.8 Å². The zero-order valence-corrected chi connectivity index (χ0v) is 23.2. The first-order valence-corrected chi connectivity index (χ1v) is 13.7. The van der Waals surface area contributed by atoms with Crippen molar-refractivity contribution in [3.8, 4) is 11.4 Å². The lowest BCUT2D eigenvalue weighted by molar-refractivity contribution is 0.0928. The number of carbonyl (C=O) groups excluding carboxylic acids is 2. The normalized spacial score (nSPS) is 14.0. The van der Waals surface area contributed by atoms with Gasteiger partial charge in [0.25, 0.3) is 22.7 Å². The molecule has 6 aromatic rings. The van der Waals surface area contributed by atoms with Crippen LogP contribution in [0.2, 0.25) is 0 Å². The van der Waals surface area contributed by atoms with Gasteiger partial charge in [-0.3, -0.25) is 28.7 Å². The largest absolute Gasteiger partial charge is 0.439 e. The van der Waals surface area contributed by atoms with E-state index in [4.69, 9.17) is 5.73 Å². The molecule has 1 aliphatic rings. The lowest BCUT2D eigenvalue weighted by Crippen LogP contribution is -2.36. The number of nitrogens with two attached hydrogens (primary N) is 1. The molecule has 16 nitrogen and oxygen atoms in total. The second kappa shape index (κ2) is 10.7. The molecule has 0 radical (unpaired) electrons. The fourth-order valence-corrected chi connectivity index (χ4v) is 5.31. The van der Waals surface area contributed by atoms with E-state index in [-0.39, 0.29) is 41.0 Å². The van der Waals surface area contributed by atoms with Crippen molar-refractivity contribution in [2.75, 3.05) is 11.1 Å². The molecule has 224 valence electrons. The highest BCUT2D eigenvalue weighted by Crippen LogP contribution is 2.33. The van der Waals surface area contributed by atoms with Crippen molar-refractivity contribution in [1.29, 1.82) is 0 Å². The molecule has 0 aliphatic heterocycles. The van der Waals surface area contributed by atoms with Gasteiger partial charge < -0.3 is 21.7 Å². The topological polar surface area (TPSA) is 232 Å². The minimum absolute atomic E-state index is 0.0150. The Morgan fingerprint density at radius 2 is 1.93 bits per heavy atom. The highest BCUT2D eigenvalue weighted by atomic mass is 16.5. The Hall–Kier alpha value is -6.45. The van der Waals surface area contributed by atoms with Gasteiger partial charge in [0.15, 0.2) is 11.5 Å². The van der Waals surface area contributed by atoms with Crippen LogP contribution in [0.1, 0.15) is 50.1 Å². The van der Waals surface area contributed by atoms with E-state index < -0.39 is 28.4 Å². The van der Waals surface area contributed by atoms with Crippen LogP contribution in [-0.4, -0.2) is 41.8 Å². The molecular formula is C29H22N10O6. The van der Waals surface area contributed by atoms with Crippen LogP contribution < -0.4 is 38.3 Å². The number of hydrogen-bond acceptors (Lipinski definition) is 12. The summed E-state index contributed by atoms with van der Waals surface area (Å²) in [5, 5.41) is 20.2. The van der Waals surface area contributed by atoms with Gasteiger partial charge in [-0.15, -0.1) is 5.10 Å². The van der Waals surface area contributed by atoms with Gasteiger partial charge >= 0.3 is 5.76 Å². The first-order chi connectivity index (χ1) is 21.7. The number of benzene rings is 2. The number of aromatic nitrogens is 6. The van der Waals surface area contributed by atoms with Crippen molar-refractivity contribution < 1.29 is 14.1 Å². The summed E-state index contributed by atoms with van der Waals surface area (Å²) in [6, 6.07) is 13.5. The van der Waals surface area contributed by atoms with E-state index in [1.54, 1.807) is 30.3 Å². The van der Waals surface area contributed by atoms with Crippen molar-refractivity contribution in [3.05, 3.63) is 114 Å². The summed E-state index contributed by atoms with van der Waals surface area (Å²) in [5.41, 5.74) is 8.17. The quantitative estimate of drug-likeness (QED) is 0.151. The molecule has 0 unspecified atom stereocenters. The number of H-pyrrole nitrogens is 1. The van der Waals surface area contributed by atoms with Crippen molar-refractivity contribution in [2.45, 2.75) is 25.4 Å². The Balaban J connectivity index is 1.06. The molecular weight excluding hydrogens is 584 g/mol. The summed E-state index contributed by atoms with van der Waals surface area (Å²) in [7, 11) is 0. The van der Waals surface area contributed by atoms with E-state index in [0.717, 1.165) is 11.1 Å². The summed E-state index contributed by atoms with van der Waals surface area (Å²) >= 11 is 0. The van der Waals surface area contributed by atoms with E-state index in [0.29, 0.717) is 35.5 Å². The van der Waals surface area contributed by atoms with Crippen LogP contribution in [0.15, 0.2) is 73.6 Å². The van der Waals surface area contributed by atoms with Crippen LogP contribution in [-0.2, 0) is 13.0 Å². The number of nitrogens with zero attached hydrogens (tertiary/aromatic N) is 5. The maximum Gasteiger partial charge on any atom is 0.439 e. The number of amides is 2. The Morgan fingerprint density at radius 3 is 2.73 bits per heavy atom. The third-order valence-electron chi connectivity index (χ3n) is 7.57. The predicted molar refractivity (Wildman–Crippen MR) is 159 cm³/mol. The van der Waals surface area contributed by atoms with Crippen LogP contribution in [0.3, 0.4) is 0 Å². The minimum Gasteiger partial charge on any atom is -0.394 e. The van der Waals surface area contributed by atoms with Crippen LogP contribution in [0, 0.1) is 0 Å². The van der Waals surface area contributed by atoms with E-state index >= 15 is 0 Å². The van der Waals surface area contributed by atoms with Gasteiger partial charge in [-0.25, -0.2) is 9.78 Å². The molecule has 3 aromatic heterocycles. The molecule has 1 atom stereocenters. The Labute approximate surface area is 251 Å². The van der Waals surface area contributed by atoms with Crippen molar-refractivity contribution >= 4 is 34.5 Å². The number of hydrogen-bond donors (Lipinski definition) is 5. The molecule has 0 saturated heterocycles. The number of nitrogen functional groups attached to an aromatic ring is 1. The molecule has 7 rings (SSSR count). The van der Waals surface area contributed by atoms with Gasteiger partial charge in [0, 0.05) is 23.9 Å². The number of nitrogens with one attached hydrogen (secondary N) is 4. The standard InChI is InChI=1S/C29H22N10O6/c30-22-23(25(41)24(22)40)33-16-3-1-2-13(8-16)11-31-27(42)19-10-20(39-21(34-19)12-32-38-39)28(43)35-18-7-5-14-9-15(4-6-17(14)18)26-36-29(44)45-37-26/h1-4,6,8-10,12,18,33H,5,7,11,30H2,(H,31,42)(H,35,43)(H,36,37,44)/t18-/m0/s1. The number of fused-ring (bicyclic) bond motifs is 2. The third kappa shape index (κ3) is 4.99. The average molecular weight is 607 g/mol. The molecule has 0 bridgehead atoms. The van der Waals surface area contributed by atoms with Crippen LogP contribution in [0.25, 0.3) is 17.0 Å². The molecule has 0 spiro atoms. The van der Waals surface area contributed by atoms with Crippen LogP contribution in [0.4, 0.5) is 17.1 Å². The molecule has 6 N–H and O–H groups in total. The van der Waals surface area contributed by atoms with E-state index in [1.165, 1.54) is 16.8 Å². The lowest BCUT2D eigenvalue weighted by Gasteiger charge is -2.15. The maximum atomic E-state index is 13.5. The summed E-state index contributed by atoms with van der Waals surface area (Å²) in [4.78, 5) is 67.9. The van der Waals surface area contributed by atoms with Crippen molar-refractivity contribution in [3.63, 3.8) is 0 Å². The van der Waals surface area contributed by atoms with Crippen LogP contribution >= 0.6 is 0 Å². The summed E-state index contributed by atoms with van der Waals surface area (Å²) in [5.74, 6) is -1.33. The fourth-order valence-electron chi connectivity index (χ4n) is 5.31. The predicted octanol–water partition coefficient (Wildman–Crippen LogP) is 0.737. The van der Waals surface area contributed by atoms with Crippen molar-refractivity contribution in [2.24, 2.45) is 0 Å². The number of anilines is 3. The monoisotopic (exact) mass is 606 g/mol. The molecule has 45 heavy (non-hydrogen) atoms. The Bertz CT molecular complexity index is 2280. The molecule has 3 aromatic carbocycles. The molecule has 0 fully saturated rings. The van der Waals surface area contributed by atoms with E-state index in [9.17, 15) is 24.0 Å². The van der Waals surface area contributed by atoms with E-state index in [2.05, 4.69) is 45.9 Å². The molecule has 16 heteroatoms. The minimum atomic E-state index is -0.725. The maximum absolute atomic E-state index is 13.5. The number of carbonyl (C=O) groups is 2.